The zero-order valence-electron chi connectivity index (χ0n) is 16.7. The lowest BCUT2D eigenvalue weighted by Crippen LogP contribution is -2.34. The number of primary amides is 1. The molecule has 3 aromatic rings. The Bertz CT molecular complexity index is 1140. The number of para-hydroxylation sites is 1. The van der Waals surface area contributed by atoms with Crippen molar-refractivity contribution in [3.63, 3.8) is 0 Å². The number of anilines is 1. The van der Waals surface area contributed by atoms with Crippen LogP contribution in [0.25, 0.3) is 11.1 Å². The first-order valence-corrected chi connectivity index (χ1v) is 11.3. The average Bonchev–Trinajstić information content (AvgIpc) is 2.72. The van der Waals surface area contributed by atoms with E-state index in [2.05, 4.69) is 0 Å². The quantitative estimate of drug-likeness (QED) is 0.561. The molecule has 30 heavy (non-hydrogen) atoms. The highest BCUT2D eigenvalue weighted by atomic mass is 35.5. The minimum atomic E-state index is -3.80. The second-order valence-corrected chi connectivity index (χ2v) is 9.62. The molecule has 0 atom stereocenters. The molecule has 0 aromatic heterocycles. The molecule has 0 saturated carbocycles. The van der Waals surface area contributed by atoms with Crippen molar-refractivity contribution in [3.05, 3.63) is 83.4 Å². The van der Waals surface area contributed by atoms with Crippen molar-refractivity contribution in [2.24, 2.45) is 11.7 Å². The van der Waals surface area contributed by atoms with Crippen LogP contribution >= 0.6 is 11.6 Å². The van der Waals surface area contributed by atoms with Crippen LogP contribution in [0.4, 0.5) is 5.69 Å². The number of carbonyl (C=O) groups excluding carboxylic acids is 1. The third-order valence-electron chi connectivity index (χ3n) is 4.60. The fourth-order valence-electron chi connectivity index (χ4n) is 3.09. The molecule has 156 valence electrons. The molecule has 0 spiro atoms. The number of nitrogens with two attached hydrogens (primary N) is 1. The Morgan fingerprint density at radius 2 is 1.47 bits per heavy atom. The van der Waals surface area contributed by atoms with Crippen LogP contribution in [-0.4, -0.2) is 20.9 Å². The van der Waals surface area contributed by atoms with Crippen molar-refractivity contribution in [1.29, 1.82) is 0 Å². The summed E-state index contributed by atoms with van der Waals surface area (Å²) < 4.78 is 28.2. The second-order valence-electron chi connectivity index (χ2n) is 7.35. The van der Waals surface area contributed by atoms with Gasteiger partial charge in [-0.25, -0.2) is 8.42 Å². The summed E-state index contributed by atoms with van der Waals surface area (Å²) >= 11 is 6.30. The molecule has 0 unspecified atom stereocenters. The van der Waals surface area contributed by atoms with Gasteiger partial charge in [0.15, 0.2) is 0 Å². The average molecular weight is 443 g/mol. The summed E-state index contributed by atoms with van der Waals surface area (Å²) in [7, 11) is -3.80. The van der Waals surface area contributed by atoms with Crippen molar-refractivity contribution < 1.29 is 13.2 Å². The maximum atomic E-state index is 13.4. The van der Waals surface area contributed by atoms with E-state index in [0.717, 1.165) is 11.1 Å². The first-order chi connectivity index (χ1) is 14.2. The molecule has 0 fully saturated rings. The van der Waals surface area contributed by atoms with Gasteiger partial charge in [0.25, 0.3) is 10.0 Å². The SMILES string of the molecule is CC(C)CN(c1ccccc1Cl)S(=O)(=O)c1ccc(-c2ccc(C(N)=O)cc2)cc1. The summed E-state index contributed by atoms with van der Waals surface area (Å²) in [6.07, 6.45) is 0. The van der Waals surface area contributed by atoms with Crippen molar-refractivity contribution in [2.75, 3.05) is 10.8 Å². The van der Waals surface area contributed by atoms with Gasteiger partial charge < -0.3 is 5.73 Å². The smallest absolute Gasteiger partial charge is 0.264 e. The lowest BCUT2D eigenvalue weighted by molar-refractivity contribution is 0.100. The van der Waals surface area contributed by atoms with Gasteiger partial charge in [-0.05, 0) is 53.4 Å². The molecule has 3 rings (SSSR count). The summed E-state index contributed by atoms with van der Waals surface area (Å²) in [5.41, 5.74) is 7.83. The first-order valence-electron chi connectivity index (χ1n) is 9.47. The monoisotopic (exact) mass is 442 g/mol. The van der Waals surface area contributed by atoms with Crippen LogP contribution in [0.1, 0.15) is 24.2 Å². The highest BCUT2D eigenvalue weighted by Crippen LogP contribution is 2.32. The fourth-order valence-corrected chi connectivity index (χ4v) is 5.02. The Balaban J connectivity index is 1.96. The van der Waals surface area contributed by atoms with E-state index >= 15 is 0 Å². The van der Waals surface area contributed by atoms with Gasteiger partial charge in [0.05, 0.1) is 15.6 Å². The number of rotatable bonds is 7. The maximum absolute atomic E-state index is 13.4. The predicted octanol–water partition coefficient (Wildman–Crippen LogP) is 4.96. The predicted molar refractivity (Wildman–Crippen MR) is 121 cm³/mol. The molecular formula is C23H23ClN2O3S. The molecule has 2 N–H and O–H groups in total. The van der Waals surface area contributed by atoms with E-state index in [1.165, 1.54) is 4.31 Å². The zero-order chi connectivity index (χ0) is 21.9. The molecule has 0 heterocycles. The number of carbonyl (C=O) groups is 1. The summed E-state index contributed by atoms with van der Waals surface area (Å²) in [5.74, 6) is -0.383. The Hall–Kier alpha value is -2.83. The second kappa shape index (κ2) is 8.90. The van der Waals surface area contributed by atoms with Crippen LogP contribution in [0.3, 0.4) is 0 Å². The molecule has 3 aromatic carbocycles. The van der Waals surface area contributed by atoms with Crippen LogP contribution in [0.15, 0.2) is 77.7 Å². The van der Waals surface area contributed by atoms with Crippen molar-refractivity contribution in [3.8, 4) is 11.1 Å². The minimum Gasteiger partial charge on any atom is -0.366 e. The van der Waals surface area contributed by atoms with Crippen LogP contribution in [0.2, 0.25) is 5.02 Å². The van der Waals surface area contributed by atoms with Crippen LogP contribution in [0, 0.1) is 5.92 Å². The third-order valence-corrected chi connectivity index (χ3v) is 6.71. The van der Waals surface area contributed by atoms with E-state index in [4.69, 9.17) is 17.3 Å². The Morgan fingerprint density at radius 1 is 0.933 bits per heavy atom. The van der Waals surface area contributed by atoms with Crippen LogP contribution in [-0.2, 0) is 10.0 Å². The zero-order valence-corrected chi connectivity index (χ0v) is 18.3. The minimum absolute atomic E-state index is 0.110. The summed E-state index contributed by atoms with van der Waals surface area (Å²) in [6, 6.07) is 20.4. The van der Waals surface area contributed by atoms with E-state index in [-0.39, 0.29) is 10.8 Å². The lowest BCUT2D eigenvalue weighted by atomic mass is 10.0. The number of benzene rings is 3. The van der Waals surface area contributed by atoms with Gasteiger partial charge >= 0.3 is 0 Å². The molecule has 7 heteroatoms. The van der Waals surface area contributed by atoms with Crippen molar-refractivity contribution >= 4 is 33.2 Å². The molecular weight excluding hydrogens is 420 g/mol. The Kier molecular flexibility index (Phi) is 6.48. The van der Waals surface area contributed by atoms with Gasteiger partial charge in [0.1, 0.15) is 0 Å². The number of nitrogens with zero attached hydrogens (tertiary/aromatic N) is 1. The largest absolute Gasteiger partial charge is 0.366 e. The van der Waals surface area contributed by atoms with E-state index in [1.807, 2.05) is 13.8 Å². The Labute approximate surface area is 182 Å². The van der Waals surface area contributed by atoms with Gasteiger partial charge in [-0.1, -0.05) is 61.8 Å². The van der Waals surface area contributed by atoms with Gasteiger partial charge in [-0.3, -0.25) is 9.10 Å². The molecule has 5 nitrogen and oxygen atoms in total. The van der Waals surface area contributed by atoms with Crippen molar-refractivity contribution in [1.82, 2.24) is 0 Å². The highest BCUT2D eigenvalue weighted by Gasteiger charge is 2.27. The number of halogens is 1. The first kappa shape index (κ1) is 21.9. The van der Waals surface area contributed by atoms with E-state index in [9.17, 15) is 13.2 Å². The third kappa shape index (κ3) is 4.66. The number of hydrogen-bond acceptors (Lipinski definition) is 3. The normalized spacial score (nSPS) is 11.5. The van der Waals surface area contributed by atoms with Crippen molar-refractivity contribution in [2.45, 2.75) is 18.7 Å². The highest BCUT2D eigenvalue weighted by molar-refractivity contribution is 7.92. The molecule has 0 saturated heterocycles. The maximum Gasteiger partial charge on any atom is 0.264 e. The Morgan fingerprint density at radius 3 is 1.97 bits per heavy atom. The summed E-state index contributed by atoms with van der Waals surface area (Å²) in [6.45, 7) is 4.22. The molecule has 0 aliphatic carbocycles. The molecule has 1 amide bonds. The van der Waals surface area contributed by atoms with E-state index in [0.29, 0.717) is 22.8 Å². The molecule has 0 aliphatic rings. The van der Waals surface area contributed by atoms with E-state index in [1.54, 1.807) is 72.8 Å². The van der Waals surface area contributed by atoms with Gasteiger partial charge in [0.2, 0.25) is 5.91 Å². The molecule has 0 aliphatic heterocycles. The summed E-state index contributed by atoms with van der Waals surface area (Å²) in [4.78, 5) is 11.4. The fraction of sp³-hybridized carbons (Fsp3) is 0.174. The molecule has 0 bridgehead atoms. The topological polar surface area (TPSA) is 80.5 Å². The van der Waals surface area contributed by atoms with Gasteiger partial charge in [0, 0.05) is 12.1 Å². The van der Waals surface area contributed by atoms with Crippen LogP contribution in [0.5, 0.6) is 0 Å². The number of sulfonamides is 1. The van der Waals surface area contributed by atoms with E-state index < -0.39 is 15.9 Å². The van der Waals surface area contributed by atoms with Gasteiger partial charge in [-0.15, -0.1) is 0 Å². The standard InChI is InChI=1S/C23H23ClN2O3S/c1-16(2)15-26(22-6-4-3-5-21(22)24)30(28,29)20-13-11-18(12-14-20)17-7-9-19(10-8-17)23(25)27/h3-14,16H,15H2,1-2H3,(H2,25,27). The van der Waals surface area contributed by atoms with Crippen LogP contribution < -0.4 is 10.0 Å². The lowest BCUT2D eigenvalue weighted by Gasteiger charge is -2.27. The molecule has 0 radical (unpaired) electrons. The number of hydrogen-bond donors (Lipinski definition) is 1. The summed E-state index contributed by atoms with van der Waals surface area (Å²) in [5, 5.41) is 0.382. The van der Waals surface area contributed by atoms with Gasteiger partial charge in [-0.2, -0.15) is 0 Å². The number of amides is 1.